The first-order valence-electron chi connectivity index (χ1n) is 6.49. The minimum absolute atomic E-state index is 0.297. The van der Waals surface area contributed by atoms with Gasteiger partial charge in [-0.3, -0.25) is 14.2 Å². The largest absolute Gasteiger partial charge is 0.480 e. The molecule has 122 valence electrons. The highest BCUT2D eigenvalue weighted by Crippen LogP contribution is 2.14. The van der Waals surface area contributed by atoms with Crippen LogP contribution in [0.3, 0.4) is 0 Å². The third-order valence-corrected chi connectivity index (χ3v) is 3.37. The molecule has 2 amide bonds. The lowest BCUT2D eigenvalue weighted by molar-refractivity contribution is -0.141. The third kappa shape index (κ3) is 7.79. The number of carboxylic acid groups (broad SMARTS) is 1. The molecule has 0 spiro atoms. The first kappa shape index (κ1) is 19.6. The summed E-state index contributed by atoms with van der Waals surface area (Å²) >= 11 is 0. The van der Waals surface area contributed by atoms with Gasteiger partial charge in [0.1, 0.15) is 12.1 Å². The van der Waals surface area contributed by atoms with Crippen LogP contribution in [0.15, 0.2) is 0 Å². The zero-order chi connectivity index (χ0) is 16.6. The van der Waals surface area contributed by atoms with Crippen molar-refractivity contribution in [3.8, 4) is 0 Å². The van der Waals surface area contributed by atoms with Crippen LogP contribution in [0, 0.1) is 0 Å². The first-order valence-corrected chi connectivity index (χ1v) is 8.06. The molecule has 0 aliphatic heterocycles. The van der Waals surface area contributed by atoms with Gasteiger partial charge >= 0.3 is 5.97 Å². The van der Waals surface area contributed by atoms with E-state index in [9.17, 15) is 18.9 Å². The Kier molecular flexibility index (Phi) is 8.84. The zero-order valence-corrected chi connectivity index (χ0v) is 13.0. The van der Waals surface area contributed by atoms with Gasteiger partial charge in [-0.1, -0.05) is 13.3 Å². The molecule has 0 fully saturated rings. The average molecular weight is 323 g/mol. The maximum absolute atomic E-state index is 12.0. The van der Waals surface area contributed by atoms with E-state index in [2.05, 4.69) is 10.6 Å². The quantitative estimate of drug-likeness (QED) is 0.328. The van der Waals surface area contributed by atoms with Crippen molar-refractivity contribution < 1.29 is 28.9 Å². The van der Waals surface area contributed by atoms with Gasteiger partial charge in [0.2, 0.25) is 11.8 Å². The smallest absolute Gasteiger partial charge is 0.326 e. The van der Waals surface area contributed by atoms with Crippen molar-refractivity contribution >= 4 is 25.8 Å². The third-order valence-electron chi connectivity index (χ3n) is 2.62. The summed E-state index contributed by atoms with van der Waals surface area (Å²) < 4.78 is 10.7. The molecule has 0 aromatic carbocycles. The Balaban J connectivity index is 4.82. The van der Waals surface area contributed by atoms with E-state index in [1.165, 1.54) is 6.92 Å². The Hall–Kier alpha value is -1.44. The fourth-order valence-corrected chi connectivity index (χ4v) is 2.13. The minimum atomic E-state index is -3.05. The van der Waals surface area contributed by atoms with E-state index < -0.39 is 50.1 Å². The average Bonchev–Trinajstić information content (AvgIpc) is 2.36. The van der Waals surface area contributed by atoms with Crippen molar-refractivity contribution in [3.05, 3.63) is 0 Å². The van der Waals surface area contributed by atoms with Crippen LogP contribution in [-0.2, 0) is 18.9 Å². The normalized spacial score (nSPS) is 16.4. The van der Waals surface area contributed by atoms with Gasteiger partial charge < -0.3 is 26.4 Å². The van der Waals surface area contributed by atoms with E-state index in [0.717, 1.165) is 0 Å². The van der Waals surface area contributed by atoms with Crippen LogP contribution < -0.4 is 16.4 Å². The Bertz CT molecular complexity index is 415. The van der Waals surface area contributed by atoms with Gasteiger partial charge in [-0.2, -0.15) is 0 Å². The number of carboxylic acids is 1. The molecule has 0 aromatic heterocycles. The lowest BCUT2D eigenvalue weighted by atomic mass is 10.1. The van der Waals surface area contributed by atoms with E-state index in [-0.39, 0.29) is 0 Å². The van der Waals surface area contributed by atoms with Crippen LogP contribution in [0.2, 0.25) is 0 Å². The van der Waals surface area contributed by atoms with Gasteiger partial charge in [0.15, 0.2) is 8.03 Å². The molecule has 10 heteroatoms. The number of amides is 2. The molecule has 6 N–H and O–H groups in total. The fraction of sp³-hybridized carbons (Fsp3) is 0.727. The molecule has 0 aliphatic carbocycles. The second kappa shape index (κ2) is 9.49. The highest BCUT2D eigenvalue weighted by Gasteiger charge is 2.27. The van der Waals surface area contributed by atoms with Gasteiger partial charge in [-0.15, -0.1) is 0 Å². The predicted octanol–water partition coefficient (Wildman–Crippen LogP) is -1.35. The maximum Gasteiger partial charge on any atom is 0.326 e. The van der Waals surface area contributed by atoms with Gasteiger partial charge in [0.05, 0.1) is 12.2 Å². The number of nitrogens with two attached hydrogens (primary N) is 1. The van der Waals surface area contributed by atoms with Crippen molar-refractivity contribution in [3.63, 3.8) is 0 Å². The summed E-state index contributed by atoms with van der Waals surface area (Å²) in [6, 6.07) is -3.21. The summed E-state index contributed by atoms with van der Waals surface area (Å²) in [6.07, 6.45) is 0.308. The summed E-state index contributed by atoms with van der Waals surface area (Å²) in [5.74, 6) is -2.67. The molecular formula is C11H22N3O6P. The predicted molar refractivity (Wildman–Crippen MR) is 76.1 cm³/mol. The van der Waals surface area contributed by atoms with E-state index in [4.69, 9.17) is 15.7 Å². The molecule has 0 bridgehead atoms. The number of aliphatic carboxylic acids is 1. The van der Waals surface area contributed by atoms with Crippen LogP contribution in [0.1, 0.15) is 26.7 Å². The van der Waals surface area contributed by atoms with Crippen molar-refractivity contribution in [1.82, 2.24) is 10.6 Å². The number of carbonyl (C=O) groups is 3. The number of nitrogens with one attached hydrogen (secondary N) is 2. The van der Waals surface area contributed by atoms with Crippen molar-refractivity contribution in [2.75, 3.05) is 6.16 Å². The second-order valence-corrected chi connectivity index (χ2v) is 5.83. The van der Waals surface area contributed by atoms with E-state index in [1.807, 2.05) is 0 Å². The van der Waals surface area contributed by atoms with Crippen LogP contribution in [0.25, 0.3) is 0 Å². The highest BCUT2D eigenvalue weighted by molar-refractivity contribution is 7.38. The van der Waals surface area contributed by atoms with E-state index in [1.54, 1.807) is 6.92 Å². The molecule has 4 atom stereocenters. The van der Waals surface area contributed by atoms with Gasteiger partial charge in [-0.05, 0) is 13.3 Å². The van der Waals surface area contributed by atoms with Gasteiger partial charge in [0, 0.05) is 0 Å². The maximum atomic E-state index is 12.0. The molecule has 0 aromatic rings. The number of rotatable bonds is 9. The Labute approximate surface area is 123 Å². The van der Waals surface area contributed by atoms with Crippen LogP contribution in [0.5, 0.6) is 0 Å². The number of hydrogen-bond acceptors (Lipinski definition) is 5. The SMILES string of the molecule is CCC[C@H](NC(=O)[C@H](C)N)C(=O)NC(C[PH](=O)O)C(=O)O. The molecule has 0 rings (SSSR count). The molecule has 2 unspecified atom stereocenters. The first-order chi connectivity index (χ1) is 9.68. The minimum Gasteiger partial charge on any atom is -0.480 e. The number of hydrogen-bond donors (Lipinski definition) is 5. The Morgan fingerprint density at radius 2 is 1.71 bits per heavy atom. The lowest BCUT2D eigenvalue weighted by Crippen LogP contribution is -2.54. The zero-order valence-electron chi connectivity index (χ0n) is 12.0. The molecule has 0 heterocycles. The summed E-state index contributed by atoms with van der Waals surface area (Å²) in [5.41, 5.74) is 5.39. The van der Waals surface area contributed by atoms with Crippen LogP contribution >= 0.6 is 8.03 Å². The van der Waals surface area contributed by atoms with E-state index >= 15 is 0 Å². The molecule has 0 radical (unpaired) electrons. The van der Waals surface area contributed by atoms with Crippen LogP contribution in [-0.4, -0.2) is 52.1 Å². The summed E-state index contributed by atoms with van der Waals surface area (Å²) in [4.78, 5) is 43.2. The molecule has 0 saturated carbocycles. The van der Waals surface area contributed by atoms with Crippen molar-refractivity contribution in [2.45, 2.75) is 44.8 Å². The summed E-state index contributed by atoms with van der Waals surface area (Å²) in [6.45, 7) is 3.24. The molecule has 0 aliphatic rings. The fourth-order valence-electron chi connectivity index (χ4n) is 1.51. The van der Waals surface area contributed by atoms with Crippen molar-refractivity contribution in [1.29, 1.82) is 0 Å². The monoisotopic (exact) mass is 323 g/mol. The second-order valence-electron chi connectivity index (χ2n) is 4.64. The lowest BCUT2D eigenvalue weighted by Gasteiger charge is -2.21. The topological polar surface area (TPSA) is 159 Å². The van der Waals surface area contributed by atoms with Gasteiger partial charge in [-0.25, -0.2) is 4.79 Å². The molecular weight excluding hydrogens is 301 g/mol. The molecule has 0 saturated heterocycles. The van der Waals surface area contributed by atoms with Gasteiger partial charge in [0.25, 0.3) is 0 Å². The summed E-state index contributed by atoms with van der Waals surface area (Å²) in [5, 5.41) is 13.5. The molecule has 21 heavy (non-hydrogen) atoms. The van der Waals surface area contributed by atoms with Crippen LogP contribution in [0.4, 0.5) is 0 Å². The van der Waals surface area contributed by atoms with E-state index in [0.29, 0.717) is 12.8 Å². The summed E-state index contributed by atoms with van der Waals surface area (Å²) in [7, 11) is -3.05. The highest BCUT2D eigenvalue weighted by atomic mass is 31.1. The van der Waals surface area contributed by atoms with Crippen molar-refractivity contribution in [2.24, 2.45) is 5.73 Å². The standard InChI is InChI=1S/C11H22N3O6P/c1-3-4-7(13-9(15)6(2)12)10(16)14-8(11(17)18)5-21(19)20/h6-8,21H,3-5,12H2,1-2H3,(H,13,15)(H,14,16)(H,17,18)(H,19,20)/t6-,7-,8?/m0/s1. The molecule has 9 nitrogen and oxygen atoms in total. The number of carbonyl (C=O) groups excluding carboxylic acids is 2. The Morgan fingerprint density at radius 3 is 2.10 bits per heavy atom. The Morgan fingerprint density at radius 1 is 1.19 bits per heavy atom.